The van der Waals surface area contributed by atoms with Gasteiger partial charge in [0.2, 0.25) is 17.7 Å². The summed E-state index contributed by atoms with van der Waals surface area (Å²) in [5.74, 6) is -2.28. The number of aromatic nitrogens is 1. The van der Waals surface area contributed by atoms with Crippen molar-refractivity contribution in [3.8, 4) is 0 Å². The van der Waals surface area contributed by atoms with Crippen LogP contribution in [0.15, 0.2) is 30.5 Å². The summed E-state index contributed by atoms with van der Waals surface area (Å²) in [6.07, 6.45) is 3.73. The number of aliphatic carboxylic acids is 1. The first-order valence-electron chi connectivity index (χ1n) is 12.3. The second kappa shape index (κ2) is 12.9. The van der Waals surface area contributed by atoms with Crippen molar-refractivity contribution in [2.75, 3.05) is 18.6 Å². The molecule has 5 atom stereocenters. The van der Waals surface area contributed by atoms with Gasteiger partial charge in [-0.15, -0.1) is 0 Å². The zero-order valence-corrected chi connectivity index (χ0v) is 21.8. The zero-order chi connectivity index (χ0) is 27.1. The number of carboxylic acid groups (broad SMARTS) is 1. The highest BCUT2D eigenvalue weighted by molar-refractivity contribution is 7.98. The number of aliphatic hydroxyl groups is 1. The summed E-state index contributed by atoms with van der Waals surface area (Å²) in [4.78, 5) is 55.3. The quantitative estimate of drug-likeness (QED) is 0.224. The van der Waals surface area contributed by atoms with Gasteiger partial charge in [-0.25, -0.2) is 4.79 Å². The molecule has 37 heavy (non-hydrogen) atoms. The van der Waals surface area contributed by atoms with Crippen LogP contribution < -0.4 is 16.4 Å². The van der Waals surface area contributed by atoms with E-state index in [1.54, 1.807) is 6.20 Å². The molecule has 3 rings (SSSR count). The molecule has 1 fully saturated rings. The van der Waals surface area contributed by atoms with Gasteiger partial charge in [-0.2, -0.15) is 11.8 Å². The molecule has 2 aromatic rings. The molecule has 0 spiro atoms. The second-order valence-electron chi connectivity index (χ2n) is 9.27. The Morgan fingerprint density at radius 3 is 2.65 bits per heavy atom. The third kappa shape index (κ3) is 7.02. The van der Waals surface area contributed by atoms with Crippen LogP contribution in [0.4, 0.5) is 0 Å². The first-order chi connectivity index (χ1) is 17.6. The fraction of sp³-hybridized carbons (Fsp3) is 0.520. The molecule has 0 aliphatic carbocycles. The number of aromatic amines is 1. The zero-order valence-electron chi connectivity index (χ0n) is 21.0. The van der Waals surface area contributed by atoms with Gasteiger partial charge < -0.3 is 36.5 Å². The molecule has 1 aromatic heterocycles. The molecule has 12 heteroatoms. The average molecular weight is 534 g/mol. The van der Waals surface area contributed by atoms with E-state index in [1.165, 1.54) is 23.6 Å². The Hall–Kier alpha value is -3.09. The van der Waals surface area contributed by atoms with Crippen LogP contribution >= 0.6 is 11.8 Å². The number of hydrogen-bond acceptors (Lipinski definition) is 7. The molecule has 3 amide bonds. The number of carboxylic acids is 1. The van der Waals surface area contributed by atoms with E-state index < -0.39 is 54.0 Å². The van der Waals surface area contributed by atoms with Crippen molar-refractivity contribution in [3.63, 3.8) is 0 Å². The van der Waals surface area contributed by atoms with E-state index in [2.05, 4.69) is 15.6 Å². The second-order valence-corrected chi connectivity index (χ2v) is 10.3. The molecule has 5 unspecified atom stereocenters. The fourth-order valence-corrected chi connectivity index (χ4v) is 4.98. The summed E-state index contributed by atoms with van der Waals surface area (Å²) in [6, 6.07) is 3.24. The minimum atomic E-state index is -1.28. The van der Waals surface area contributed by atoms with Crippen molar-refractivity contribution >= 4 is 46.4 Å². The predicted molar refractivity (Wildman–Crippen MR) is 141 cm³/mol. The van der Waals surface area contributed by atoms with Crippen LogP contribution in [0.5, 0.6) is 0 Å². The molecule has 1 saturated heterocycles. The van der Waals surface area contributed by atoms with Crippen molar-refractivity contribution in [2.45, 2.75) is 62.9 Å². The Kier molecular flexibility index (Phi) is 9.95. The highest BCUT2D eigenvalue weighted by Gasteiger charge is 2.40. The number of nitrogens with one attached hydrogen (secondary N) is 3. The number of rotatable bonds is 12. The molecular formula is C25H35N5O6S. The van der Waals surface area contributed by atoms with Gasteiger partial charge in [-0.1, -0.05) is 18.2 Å². The van der Waals surface area contributed by atoms with Gasteiger partial charge in [0.05, 0.1) is 12.1 Å². The van der Waals surface area contributed by atoms with E-state index in [1.807, 2.05) is 30.5 Å². The summed E-state index contributed by atoms with van der Waals surface area (Å²) in [5.41, 5.74) is 7.51. The molecule has 7 N–H and O–H groups in total. The maximum Gasteiger partial charge on any atom is 0.326 e. The van der Waals surface area contributed by atoms with Gasteiger partial charge >= 0.3 is 5.97 Å². The molecule has 0 bridgehead atoms. The van der Waals surface area contributed by atoms with Gasteiger partial charge in [-0.3, -0.25) is 14.4 Å². The topological polar surface area (TPSA) is 178 Å². The van der Waals surface area contributed by atoms with Crippen molar-refractivity contribution < 1.29 is 29.4 Å². The number of likely N-dealkylation sites (tertiary alicyclic amines) is 1. The van der Waals surface area contributed by atoms with Crippen molar-refractivity contribution in [3.05, 3.63) is 36.0 Å². The fourth-order valence-electron chi connectivity index (χ4n) is 4.50. The van der Waals surface area contributed by atoms with Crippen LogP contribution in [-0.4, -0.2) is 92.6 Å². The van der Waals surface area contributed by atoms with Crippen LogP contribution in [0.1, 0.15) is 31.7 Å². The van der Waals surface area contributed by atoms with Gasteiger partial charge in [0.1, 0.15) is 18.1 Å². The number of amides is 3. The Morgan fingerprint density at radius 2 is 1.97 bits per heavy atom. The number of thioether (sulfide) groups is 1. The molecule has 0 saturated carbocycles. The molecular weight excluding hydrogens is 498 g/mol. The number of benzene rings is 1. The highest BCUT2D eigenvalue weighted by Crippen LogP contribution is 2.22. The van der Waals surface area contributed by atoms with Crippen LogP contribution in [-0.2, 0) is 25.6 Å². The van der Waals surface area contributed by atoms with Gasteiger partial charge in [0.15, 0.2) is 0 Å². The van der Waals surface area contributed by atoms with E-state index >= 15 is 0 Å². The normalized spacial score (nSPS) is 18.7. The lowest BCUT2D eigenvalue weighted by Crippen LogP contribution is -2.59. The number of H-pyrrole nitrogens is 1. The van der Waals surface area contributed by atoms with Gasteiger partial charge in [-0.05, 0) is 49.8 Å². The molecule has 1 aromatic carbocycles. The Balaban J connectivity index is 1.69. The monoisotopic (exact) mass is 533 g/mol. The third-order valence-corrected chi connectivity index (χ3v) is 7.21. The molecule has 1 aliphatic heterocycles. The molecule has 0 radical (unpaired) electrons. The van der Waals surface area contributed by atoms with E-state index in [0.717, 1.165) is 16.5 Å². The standard InChI is InChI=1S/C25H35N5O6S/c1-14(31)21(29-22(32)17(26)9-11-37-2)24(34)30-10-5-8-20(30)23(33)28-19(25(35)36)12-15-13-27-18-7-4-3-6-16(15)18/h3-4,6-7,13-14,17,19-21,27,31H,5,8-12,26H2,1-2H3,(H,28,33)(H,29,32)(H,35,36). The summed E-state index contributed by atoms with van der Waals surface area (Å²) in [6.45, 7) is 1.62. The van der Waals surface area contributed by atoms with Crippen molar-refractivity contribution in [1.82, 2.24) is 20.5 Å². The summed E-state index contributed by atoms with van der Waals surface area (Å²) < 4.78 is 0. The van der Waals surface area contributed by atoms with E-state index in [4.69, 9.17) is 5.73 Å². The first-order valence-corrected chi connectivity index (χ1v) is 13.6. The highest BCUT2D eigenvalue weighted by atomic mass is 32.2. The molecule has 11 nitrogen and oxygen atoms in total. The minimum absolute atomic E-state index is 0.0616. The number of carbonyl (C=O) groups excluding carboxylic acids is 3. The molecule has 202 valence electrons. The minimum Gasteiger partial charge on any atom is -0.480 e. The average Bonchev–Trinajstić information content (AvgIpc) is 3.52. The summed E-state index contributed by atoms with van der Waals surface area (Å²) in [5, 5.41) is 26.0. The van der Waals surface area contributed by atoms with Crippen molar-refractivity contribution in [1.29, 1.82) is 0 Å². The summed E-state index contributed by atoms with van der Waals surface area (Å²) >= 11 is 1.54. The smallest absolute Gasteiger partial charge is 0.326 e. The van der Waals surface area contributed by atoms with Crippen molar-refractivity contribution in [2.24, 2.45) is 5.73 Å². The van der Waals surface area contributed by atoms with Crippen LogP contribution in [0.3, 0.4) is 0 Å². The number of hydrogen-bond donors (Lipinski definition) is 6. The van der Waals surface area contributed by atoms with Gasteiger partial charge in [0.25, 0.3) is 0 Å². The largest absolute Gasteiger partial charge is 0.480 e. The Morgan fingerprint density at radius 1 is 1.24 bits per heavy atom. The Bertz CT molecular complexity index is 1120. The lowest BCUT2D eigenvalue weighted by Gasteiger charge is -2.31. The lowest BCUT2D eigenvalue weighted by atomic mass is 10.0. The van der Waals surface area contributed by atoms with E-state index in [0.29, 0.717) is 25.0 Å². The summed E-state index contributed by atoms with van der Waals surface area (Å²) in [7, 11) is 0. The number of nitrogens with zero attached hydrogens (tertiary/aromatic N) is 1. The lowest BCUT2D eigenvalue weighted by molar-refractivity contribution is -0.146. The SMILES string of the molecule is CSCCC(N)C(=O)NC(C(=O)N1CCCC1C(=O)NC(Cc1c[nH]c2ccccc12)C(=O)O)C(C)O. The first kappa shape index (κ1) is 28.5. The predicted octanol–water partition coefficient (Wildman–Crippen LogP) is 0.217. The van der Waals surface area contributed by atoms with Crippen LogP contribution in [0.25, 0.3) is 10.9 Å². The van der Waals surface area contributed by atoms with E-state index in [9.17, 15) is 29.4 Å². The number of para-hydroxylation sites is 1. The third-order valence-electron chi connectivity index (χ3n) is 6.57. The van der Waals surface area contributed by atoms with Crippen LogP contribution in [0.2, 0.25) is 0 Å². The molecule has 1 aliphatic rings. The maximum absolute atomic E-state index is 13.3. The Labute approximate surface area is 219 Å². The number of nitrogens with two attached hydrogens (primary N) is 1. The number of carbonyl (C=O) groups is 4. The van der Waals surface area contributed by atoms with E-state index in [-0.39, 0.29) is 13.0 Å². The van der Waals surface area contributed by atoms with Gasteiger partial charge in [0, 0.05) is 30.1 Å². The number of aliphatic hydroxyl groups excluding tert-OH is 1. The number of fused-ring (bicyclic) bond motifs is 1. The maximum atomic E-state index is 13.3. The molecule has 2 heterocycles. The van der Waals surface area contributed by atoms with Crippen LogP contribution in [0, 0.1) is 0 Å².